The lowest BCUT2D eigenvalue weighted by Gasteiger charge is -2.37. The summed E-state index contributed by atoms with van der Waals surface area (Å²) < 4.78 is 14.1. The van der Waals surface area contributed by atoms with Gasteiger partial charge in [-0.1, -0.05) is 12.1 Å². The molecule has 0 N–H and O–H groups in total. The van der Waals surface area contributed by atoms with Gasteiger partial charge in [0.2, 0.25) is 0 Å². The summed E-state index contributed by atoms with van der Waals surface area (Å²) in [5.41, 5.74) is 2.43. The first-order valence-corrected chi connectivity index (χ1v) is 8.69. The lowest BCUT2D eigenvalue weighted by Crippen LogP contribution is -2.46. The van der Waals surface area contributed by atoms with E-state index in [1.165, 1.54) is 11.1 Å². The number of fused-ring (bicyclic) bond motifs is 1. The normalized spacial score (nSPS) is 15.4. The Hall–Kier alpha value is -2.14. The molecule has 0 aliphatic carbocycles. The lowest BCUT2D eigenvalue weighted by atomic mass is 10.1. The van der Waals surface area contributed by atoms with E-state index in [0.29, 0.717) is 5.52 Å². The molecule has 1 saturated heterocycles. The van der Waals surface area contributed by atoms with Gasteiger partial charge in [-0.15, -0.1) is 11.3 Å². The Kier molecular flexibility index (Phi) is 3.65. The van der Waals surface area contributed by atoms with Crippen molar-refractivity contribution in [1.29, 1.82) is 0 Å². The highest BCUT2D eigenvalue weighted by molar-refractivity contribution is 7.14. The Balaban J connectivity index is 1.64. The van der Waals surface area contributed by atoms with Crippen LogP contribution in [0.15, 0.2) is 41.8 Å². The molecule has 0 unspecified atom stereocenters. The summed E-state index contributed by atoms with van der Waals surface area (Å²) in [6.07, 6.45) is 0. The fourth-order valence-corrected chi connectivity index (χ4v) is 3.98. The number of aryl methyl sites for hydroxylation is 1. The van der Waals surface area contributed by atoms with Crippen LogP contribution in [-0.4, -0.2) is 31.2 Å². The van der Waals surface area contributed by atoms with Crippen LogP contribution >= 0.6 is 11.3 Å². The molecule has 0 spiro atoms. The van der Waals surface area contributed by atoms with Gasteiger partial charge in [0.05, 0.1) is 5.00 Å². The van der Waals surface area contributed by atoms with Gasteiger partial charge in [-0.05, 0) is 36.6 Å². The average Bonchev–Trinajstić information content (AvgIpc) is 3.10. The van der Waals surface area contributed by atoms with Gasteiger partial charge in [-0.25, -0.2) is 9.37 Å². The third-order valence-corrected chi connectivity index (χ3v) is 5.26. The minimum absolute atomic E-state index is 0.246. The van der Waals surface area contributed by atoms with E-state index in [2.05, 4.69) is 38.4 Å². The van der Waals surface area contributed by atoms with Crippen molar-refractivity contribution in [2.45, 2.75) is 6.92 Å². The van der Waals surface area contributed by atoms with E-state index in [1.54, 1.807) is 17.4 Å². The summed E-state index contributed by atoms with van der Waals surface area (Å²) in [4.78, 5) is 9.14. The molecule has 3 nitrogen and oxygen atoms in total. The van der Waals surface area contributed by atoms with E-state index in [0.717, 1.165) is 42.9 Å². The van der Waals surface area contributed by atoms with Crippen LogP contribution in [0.1, 0.15) is 5.69 Å². The molecule has 118 valence electrons. The first-order valence-electron chi connectivity index (χ1n) is 7.81. The zero-order valence-corrected chi connectivity index (χ0v) is 13.8. The number of thiophene rings is 1. The monoisotopic (exact) mass is 327 g/mol. The molecule has 1 aliphatic heterocycles. The molecule has 0 radical (unpaired) electrons. The molecule has 3 aromatic rings. The van der Waals surface area contributed by atoms with Crippen LogP contribution in [0.25, 0.3) is 10.9 Å². The maximum Gasteiger partial charge on any atom is 0.149 e. The number of rotatable bonds is 2. The molecule has 0 bridgehead atoms. The van der Waals surface area contributed by atoms with E-state index >= 15 is 0 Å². The Bertz CT molecular complexity index is 824. The molecule has 1 aliphatic rings. The minimum Gasteiger partial charge on any atom is -0.367 e. The number of aromatic nitrogens is 1. The largest absolute Gasteiger partial charge is 0.367 e. The number of hydrogen-bond donors (Lipinski definition) is 0. The molecular weight excluding hydrogens is 309 g/mol. The van der Waals surface area contributed by atoms with Gasteiger partial charge in [0.1, 0.15) is 11.3 Å². The van der Waals surface area contributed by atoms with Gasteiger partial charge in [-0.3, -0.25) is 0 Å². The third-order valence-electron chi connectivity index (χ3n) is 4.33. The molecule has 3 heterocycles. The van der Waals surface area contributed by atoms with Gasteiger partial charge in [0, 0.05) is 42.9 Å². The van der Waals surface area contributed by atoms with Gasteiger partial charge in [0.15, 0.2) is 0 Å². The molecule has 5 heteroatoms. The molecule has 0 saturated carbocycles. The SMILES string of the molecule is Cc1cc(N2CCN(c3cccs3)CC2)c2cccc(F)c2n1. The van der Waals surface area contributed by atoms with Crippen molar-refractivity contribution in [2.75, 3.05) is 36.0 Å². The van der Waals surface area contributed by atoms with Gasteiger partial charge in [0.25, 0.3) is 0 Å². The summed E-state index contributed by atoms with van der Waals surface area (Å²) in [5.74, 6) is -0.246. The Labute approximate surface area is 139 Å². The number of pyridine rings is 1. The van der Waals surface area contributed by atoms with Crippen molar-refractivity contribution < 1.29 is 4.39 Å². The van der Waals surface area contributed by atoms with E-state index in [4.69, 9.17) is 0 Å². The highest BCUT2D eigenvalue weighted by Gasteiger charge is 2.20. The number of hydrogen-bond acceptors (Lipinski definition) is 4. The molecule has 0 atom stereocenters. The second-order valence-electron chi connectivity index (χ2n) is 5.84. The molecule has 2 aromatic heterocycles. The van der Waals surface area contributed by atoms with Gasteiger partial charge >= 0.3 is 0 Å². The molecule has 1 fully saturated rings. The summed E-state index contributed by atoms with van der Waals surface area (Å²) in [6, 6.07) is 11.5. The Morgan fingerprint density at radius 1 is 1.04 bits per heavy atom. The quantitative estimate of drug-likeness (QED) is 0.707. The number of benzene rings is 1. The summed E-state index contributed by atoms with van der Waals surface area (Å²) in [5, 5.41) is 4.34. The van der Waals surface area contributed by atoms with Crippen molar-refractivity contribution >= 4 is 32.9 Å². The number of halogens is 1. The maximum atomic E-state index is 14.1. The lowest BCUT2D eigenvalue weighted by molar-refractivity contribution is 0.635. The van der Waals surface area contributed by atoms with Crippen LogP contribution in [0, 0.1) is 12.7 Å². The zero-order chi connectivity index (χ0) is 15.8. The van der Waals surface area contributed by atoms with E-state index in [1.807, 2.05) is 13.0 Å². The summed E-state index contributed by atoms with van der Waals surface area (Å²) in [7, 11) is 0. The van der Waals surface area contributed by atoms with Crippen LogP contribution in [0.2, 0.25) is 0 Å². The first-order chi connectivity index (χ1) is 11.2. The maximum absolute atomic E-state index is 14.1. The second-order valence-corrected chi connectivity index (χ2v) is 6.77. The van der Waals surface area contributed by atoms with Crippen molar-refractivity contribution in [1.82, 2.24) is 4.98 Å². The number of para-hydroxylation sites is 1. The van der Waals surface area contributed by atoms with Crippen LogP contribution in [0.5, 0.6) is 0 Å². The van der Waals surface area contributed by atoms with Crippen molar-refractivity contribution in [3.05, 3.63) is 53.3 Å². The predicted octanol–water partition coefficient (Wildman–Crippen LogP) is 4.07. The van der Waals surface area contributed by atoms with Crippen LogP contribution in [0.3, 0.4) is 0 Å². The number of piperazine rings is 1. The fraction of sp³-hybridized carbons (Fsp3) is 0.278. The van der Waals surface area contributed by atoms with E-state index in [-0.39, 0.29) is 5.82 Å². The second kappa shape index (κ2) is 5.81. The van der Waals surface area contributed by atoms with Crippen LogP contribution in [0.4, 0.5) is 15.1 Å². The fourth-order valence-electron chi connectivity index (χ4n) is 3.20. The first kappa shape index (κ1) is 14.5. The summed E-state index contributed by atoms with van der Waals surface area (Å²) >= 11 is 1.78. The topological polar surface area (TPSA) is 19.4 Å². The molecule has 1 aromatic carbocycles. The third kappa shape index (κ3) is 2.65. The number of nitrogens with zero attached hydrogens (tertiary/aromatic N) is 3. The van der Waals surface area contributed by atoms with E-state index < -0.39 is 0 Å². The van der Waals surface area contributed by atoms with Crippen molar-refractivity contribution in [3.8, 4) is 0 Å². The average molecular weight is 327 g/mol. The number of anilines is 2. The Morgan fingerprint density at radius 3 is 2.57 bits per heavy atom. The molecule has 23 heavy (non-hydrogen) atoms. The van der Waals surface area contributed by atoms with Gasteiger partial charge in [-0.2, -0.15) is 0 Å². The standard InChI is InChI=1S/C18H18FN3S/c1-13-12-16(14-4-2-5-15(19)18(14)20-13)21-7-9-22(10-8-21)17-6-3-11-23-17/h2-6,11-12H,7-10H2,1H3. The smallest absolute Gasteiger partial charge is 0.149 e. The van der Waals surface area contributed by atoms with E-state index in [9.17, 15) is 4.39 Å². The minimum atomic E-state index is -0.246. The highest BCUT2D eigenvalue weighted by atomic mass is 32.1. The van der Waals surface area contributed by atoms with Crippen molar-refractivity contribution in [3.63, 3.8) is 0 Å². The molecule has 4 rings (SSSR count). The molecular formula is C18H18FN3S. The molecule has 0 amide bonds. The van der Waals surface area contributed by atoms with Crippen LogP contribution < -0.4 is 9.80 Å². The van der Waals surface area contributed by atoms with Crippen molar-refractivity contribution in [2.24, 2.45) is 0 Å². The summed E-state index contributed by atoms with van der Waals surface area (Å²) in [6.45, 7) is 5.77. The Morgan fingerprint density at radius 2 is 1.83 bits per heavy atom. The van der Waals surface area contributed by atoms with Gasteiger partial charge < -0.3 is 9.80 Å². The van der Waals surface area contributed by atoms with Crippen LogP contribution in [-0.2, 0) is 0 Å². The predicted molar refractivity (Wildman–Crippen MR) is 95.2 cm³/mol. The highest BCUT2D eigenvalue weighted by Crippen LogP contribution is 2.30. The zero-order valence-electron chi connectivity index (χ0n) is 13.0.